The molecule has 0 amide bonds. The third kappa shape index (κ3) is 8.08. The van der Waals surface area contributed by atoms with E-state index in [9.17, 15) is 9.90 Å². The molecule has 4 aromatic carbocycles. The summed E-state index contributed by atoms with van der Waals surface area (Å²) in [5.41, 5.74) is 6.56. The number of hydrogen-bond donors (Lipinski definition) is 2. The molecule has 0 aliphatic carbocycles. The van der Waals surface area contributed by atoms with Crippen LogP contribution in [0.15, 0.2) is 102 Å². The van der Waals surface area contributed by atoms with Crippen molar-refractivity contribution in [3.05, 3.63) is 135 Å². The normalized spacial score (nSPS) is 10.9. The molecule has 5 nitrogen and oxygen atoms in total. The molecule has 6 heteroatoms. The first kappa shape index (κ1) is 27.7. The van der Waals surface area contributed by atoms with Gasteiger partial charge in [-0.05, 0) is 95.4 Å². The van der Waals surface area contributed by atoms with Crippen LogP contribution >= 0.6 is 15.9 Å². The first-order chi connectivity index (χ1) is 18.9. The average molecular weight is 583 g/mol. The highest BCUT2D eigenvalue weighted by Gasteiger charge is 2.08. The Kier molecular flexibility index (Phi) is 9.58. The van der Waals surface area contributed by atoms with Crippen LogP contribution in [0.1, 0.15) is 33.4 Å². The number of aliphatic hydroxyl groups excluding tert-OH is 1. The van der Waals surface area contributed by atoms with Crippen molar-refractivity contribution in [3.8, 4) is 23.3 Å². The third-order valence-corrected chi connectivity index (χ3v) is 6.40. The number of carboxylic acids is 1. The van der Waals surface area contributed by atoms with E-state index in [0.29, 0.717) is 18.1 Å². The third-order valence-electron chi connectivity index (χ3n) is 5.87. The van der Waals surface area contributed by atoms with Crippen molar-refractivity contribution in [1.82, 2.24) is 0 Å². The zero-order valence-corrected chi connectivity index (χ0v) is 22.9. The van der Waals surface area contributed by atoms with E-state index in [0.717, 1.165) is 43.4 Å². The number of aryl methyl sites for hydroxylation is 1. The molecule has 4 rings (SSSR count). The molecule has 2 N–H and O–H groups in total. The largest absolute Gasteiger partial charge is 0.489 e. The van der Waals surface area contributed by atoms with Gasteiger partial charge in [0.25, 0.3) is 0 Å². The second-order valence-electron chi connectivity index (χ2n) is 8.73. The molecule has 196 valence electrons. The quantitative estimate of drug-likeness (QED) is 0.217. The molecule has 0 aliphatic rings. The molecule has 0 saturated carbocycles. The summed E-state index contributed by atoms with van der Waals surface area (Å²) in [7, 11) is 0. The van der Waals surface area contributed by atoms with Crippen LogP contribution in [0.5, 0.6) is 11.5 Å². The van der Waals surface area contributed by atoms with Crippen LogP contribution in [0.25, 0.3) is 5.57 Å². The van der Waals surface area contributed by atoms with Crippen molar-refractivity contribution in [2.24, 2.45) is 0 Å². The SMILES string of the molecule is Cc1cc(OCC=C(c2ccc(Br)cc2)c2ccc(C#Cc3ccc(CO)cc3)cc2)ccc1OCC(=O)O. The molecular formula is C33H27BrO5. The molecule has 0 radical (unpaired) electrons. The zero-order chi connectivity index (χ0) is 27.6. The van der Waals surface area contributed by atoms with E-state index in [1.54, 1.807) is 12.1 Å². The summed E-state index contributed by atoms with van der Waals surface area (Å²) in [4.78, 5) is 10.8. The predicted molar refractivity (Wildman–Crippen MR) is 156 cm³/mol. The van der Waals surface area contributed by atoms with Gasteiger partial charge in [0.15, 0.2) is 6.61 Å². The fraction of sp³-hybridized carbons (Fsp3) is 0.121. The number of halogens is 1. The van der Waals surface area contributed by atoms with E-state index in [1.807, 2.05) is 79.7 Å². The van der Waals surface area contributed by atoms with Crippen LogP contribution in [0.2, 0.25) is 0 Å². The minimum absolute atomic E-state index is 0.0178. The maximum Gasteiger partial charge on any atom is 0.341 e. The second kappa shape index (κ2) is 13.5. The topological polar surface area (TPSA) is 76.0 Å². The van der Waals surface area contributed by atoms with Crippen molar-refractivity contribution < 1.29 is 24.5 Å². The summed E-state index contributed by atoms with van der Waals surface area (Å²) in [6, 6.07) is 29.1. The van der Waals surface area contributed by atoms with Crippen molar-refractivity contribution in [1.29, 1.82) is 0 Å². The second-order valence-corrected chi connectivity index (χ2v) is 9.64. The number of carboxylic acid groups (broad SMARTS) is 1. The van der Waals surface area contributed by atoms with E-state index < -0.39 is 5.97 Å². The summed E-state index contributed by atoms with van der Waals surface area (Å²) in [5, 5.41) is 18.0. The Bertz CT molecular complexity index is 1510. The van der Waals surface area contributed by atoms with E-state index in [1.165, 1.54) is 0 Å². The number of carbonyl (C=O) groups is 1. The zero-order valence-electron chi connectivity index (χ0n) is 21.4. The molecule has 0 saturated heterocycles. The monoisotopic (exact) mass is 582 g/mol. The highest BCUT2D eigenvalue weighted by Crippen LogP contribution is 2.27. The van der Waals surface area contributed by atoms with Gasteiger partial charge in [0.05, 0.1) is 6.61 Å². The summed E-state index contributed by atoms with van der Waals surface area (Å²) in [6.45, 7) is 1.82. The van der Waals surface area contributed by atoms with Gasteiger partial charge in [-0.1, -0.05) is 64.2 Å². The van der Waals surface area contributed by atoms with Crippen LogP contribution in [0.4, 0.5) is 0 Å². The summed E-state index contributed by atoms with van der Waals surface area (Å²) >= 11 is 3.51. The van der Waals surface area contributed by atoms with Gasteiger partial charge in [-0.3, -0.25) is 0 Å². The fourth-order valence-electron chi connectivity index (χ4n) is 3.84. The van der Waals surface area contributed by atoms with E-state index in [2.05, 4.69) is 39.9 Å². The van der Waals surface area contributed by atoms with Gasteiger partial charge >= 0.3 is 5.97 Å². The van der Waals surface area contributed by atoms with Gasteiger partial charge in [0, 0.05) is 15.6 Å². The van der Waals surface area contributed by atoms with Crippen molar-refractivity contribution >= 4 is 27.5 Å². The lowest BCUT2D eigenvalue weighted by atomic mass is 9.97. The highest BCUT2D eigenvalue weighted by molar-refractivity contribution is 9.10. The molecule has 0 heterocycles. The fourth-order valence-corrected chi connectivity index (χ4v) is 4.10. The number of ether oxygens (including phenoxy) is 2. The van der Waals surface area contributed by atoms with Crippen LogP contribution in [0, 0.1) is 18.8 Å². The summed E-state index contributed by atoms with van der Waals surface area (Å²) < 4.78 is 12.3. The summed E-state index contributed by atoms with van der Waals surface area (Å²) in [5.74, 6) is 6.52. The molecule has 39 heavy (non-hydrogen) atoms. The van der Waals surface area contributed by atoms with Crippen molar-refractivity contribution in [2.45, 2.75) is 13.5 Å². The van der Waals surface area contributed by atoms with Crippen LogP contribution in [-0.4, -0.2) is 29.4 Å². The number of aliphatic carboxylic acids is 1. The van der Waals surface area contributed by atoms with Gasteiger partial charge in [-0.25, -0.2) is 4.79 Å². The minimum Gasteiger partial charge on any atom is -0.489 e. The maximum atomic E-state index is 10.8. The maximum absolute atomic E-state index is 10.8. The number of hydrogen-bond acceptors (Lipinski definition) is 4. The number of aliphatic hydroxyl groups is 1. The molecule has 0 aromatic heterocycles. The van der Waals surface area contributed by atoms with Gasteiger partial charge in [-0.15, -0.1) is 0 Å². The lowest BCUT2D eigenvalue weighted by Crippen LogP contribution is -2.10. The van der Waals surface area contributed by atoms with Crippen LogP contribution in [-0.2, 0) is 11.4 Å². The van der Waals surface area contributed by atoms with Gasteiger partial charge in [0.1, 0.15) is 18.1 Å². The van der Waals surface area contributed by atoms with Crippen LogP contribution < -0.4 is 9.47 Å². The predicted octanol–water partition coefficient (Wildman–Crippen LogP) is 6.62. The minimum atomic E-state index is -1.02. The highest BCUT2D eigenvalue weighted by atomic mass is 79.9. The summed E-state index contributed by atoms with van der Waals surface area (Å²) in [6.07, 6.45) is 2.04. The molecule has 0 atom stereocenters. The lowest BCUT2D eigenvalue weighted by molar-refractivity contribution is -0.139. The van der Waals surface area contributed by atoms with Gasteiger partial charge in [0.2, 0.25) is 0 Å². The number of rotatable bonds is 9. The van der Waals surface area contributed by atoms with Gasteiger partial charge < -0.3 is 19.7 Å². The van der Waals surface area contributed by atoms with E-state index in [-0.39, 0.29) is 13.2 Å². The van der Waals surface area contributed by atoms with Gasteiger partial charge in [-0.2, -0.15) is 0 Å². The Morgan fingerprint density at radius 2 is 1.44 bits per heavy atom. The molecule has 0 aliphatic heterocycles. The average Bonchev–Trinajstić information content (AvgIpc) is 2.95. The van der Waals surface area contributed by atoms with Crippen LogP contribution in [0.3, 0.4) is 0 Å². The van der Waals surface area contributed by atoms with Crippen molar-refractivity contribution in [3.63, 3.8) is 0 Å². The van der Waals surface area contributed by atoms with E-state index in [4.69, 9.17) is 14.6 Å². The molecule has 0 bridgehead atoms. The van der Waals surface area contributed by atoms with Crippen molar-refractivity contribution in [2.75, 3.05) is 13.2 Å². The Labute approximate surface area is 236 Å². The number of benzene rings is 4. The molecule has 0 spiro atoms. The first-order valence-corrected chi connectivity index (χ1v) is 13.1. The molecule has 0 unspecified atom stereocenters. The standard InChI is InChI=1S/C33H27BrO5/c1-23-20-30(16-17-32(23)39-22-33(36)37)38-19-18-31(28-12-14-29(34)15-13-28)27-10-8-25(9-11-27)3-2-24-4-6-26(21-35)7-5-24/h4-18,20,35H,19,21-22H2,1H3,(H,36,37). The lowest BCUT2D eigenvalue weighted by Gasteiger charge is -2.12. The molecule has 4 aromatic rings. The Morgan fingerprint density at radius 3 is 2.00 bits per heavy atom. The Hall–Kier alpha value is -4.31. The Balaban J connectivity index is 1.51. The molecular weight excluding hydrogens is 556 g/mol. The molecule has 0 fully saturated rings. The van der Waals surface area contributed by atoms with E-state index >= 15 is 0 Å². The Morgan fingerprint density at radius 1 is 0.846 bits per heavy atom. The first-order valence-electron chi connectivity index (χ1n) is 12.3. The smallest absolute Gasteiger partial charge is 0.341 e.